The van der Waals surface area contributed by atoms with Gasteiger partial charge in [-0.3, -0.25) is 4.79 Å². The van der Waals surface area contributed by atoms with E-state index >= 15 is 0 Å². The van der Waals surface area contributed by atoms with Crippen LogP contribution in [0, 0.1) is 5.41 Å². The zero-order chi connectivity index (χ0) is 13.1. The van der Waals surface area contributed by atoms with Gasteiger partial charge in [-0.2, -0.15) is 0 Å². The number of amides is 1. The summed E-state index contributed by atoms with van der Waals surface area (Å²) in [7, 11) is 0. The molecular weight excluding hydrogens is 228 g/mol. The summed E-state index contributed by atoms with van der Waals surface area (Å²) < 4.78 is 5.36. The Balaban J connectivity index is 1.89. The Morgan fingerprint density at radius 3 is 2.56 bits per heavy atom. The molecule has 1 heterocycles. The summed E-state index contributed by atoms with van der Waals surface area (Å²) in [5.41, 5.74) is 5.81. The lowest BCUT2D eigenvalue weighted by Crippen LogP contribution is -2.49. The lowest BCUT2D eigenvalue weighted by atomic mass is 9.71. The highest BCUT2D eigenvalue weighted by atomic mass is 16.5. The third kappa shape index (κ3) is 3.23. The van der Waals surface area contributed by atoms with E-state index in [2.05, 4.69) is 12.2 Å². The van der Waals surface area contributed by atoms with Crippen LogP contribution in [0.2, 0.25) is 0 Å². The van der Waals surface area contributed by atoms with Gasteiger partial charge in [-0.25, -0.2) is 0 Å². The van der Waals surface area contributed by atoms with Crippen LogP contribution >= 0.6 is 0 Å². The Labute approximate surface area is 110 Å². The third-order valence-corrected chi connectivity index (χ3v) is 4.54. The summed E-state index contributed by atoms with van der Waals surface area (Å²) >= 11 is 0. The second-order valence-corrected chi connectivity index (χ2v) is 6.35. The fraction of sp³-hybridized carbons (Fsp3) is 0.929. The normalized spacial score (nSPS) is 31.2. The zero-order valence-corrected chi connectivity index (χ0v) is 11.5. The molecule has 0 radical (unpaired) electrons. The number of rotatable bonds is 4. The number of nitrogens with two attached hydrogens (primary N) is 1. The zero-order valence-electron chi connectivity index (χ0n) is 11.5. The number of nitrogens with one attached hydrogen (secondary N) is 1. The van der Waals surface area contributed by atoms with Gasteiger partial charge in [0.1, 0.15) is 0 Å². The van der Waals surface area contributed by atoms with Crippen LogP contribution < -0.4 is 11.1 Å². The van der Waals surface area contributed by atoms with E-state index in [0.29, 0.717) is 19.6 Å². The van der Waals surface area contributed by atoms with Crippen LogP contribution in [0.4, 0.5) is 0 Å². The summed E-state index contributed by atoms with van der Waals surface area (Å²) in [6, 6.07) is 0. The van der Waals surface area contributed by atoms with E-state index in [0.717, 1.165) is 25.9 Å². The summed E-state index contributed by atoms with van der Waals surface area (Å²) in [5, 5.41) is 3.14. The van der Waals surface area contributed by atoms with Gasteiger partial charge < -0.3 is 15.8 Å². The van der Waals surface area contributed by atoms with Crippen LogP contribution in [0.3, 0.4) is 0 Å². The molecule has 1 aliphatic heterocycles. The molecule has 2 rings (SSSR count). The minimum atomic E-state index is -0.165. The Hall–Kier alpha value is -0.610. The lowest BCUT2D eigenvalue weighted by molar-refractivity contribution is -0.125. The molecular formula is C14H26N2O2. The van der Waals surface area contributed by atoms with Gasteiger partial charge in [0, 0.05) is 13.0 Å². The van der Waals surface area contributed by atoms with Crippen molar-refractivity contribution >= 4 is 5.91 Å². The number of hydrogen-bond donors (Lipinski definition) is 2. The van der Waals surface area contributed by atoms with E-state index in [4.69, 9.17) is 10.5 Å². The van der Waals surface area contributed by atoms with Gasteiger partial charge in [-0.1, -0.05) is 19.3 Å². The Kier molecular flexibility index (Phi) is 4.28. The minimum Gasteiger partial charge on any atom is -0.379 e. The van der Waals surface area contributed by atoms with Crippen LogP contribution in [0.15, 0.2) is 0 Å². The number of carbonyl (C=O) groups excluding carboxylic acids is 1. The highest BCUT2D eigenvalue weighted by Gasteiger charge is 2.36. The molecule has 0 spiro atoms. The predicted molar refractivity (Wildman–Crippen MR) is 71.2 cm³/mol. The van der Waals surface area contributed by atoms with E-state index in [-0.39, 0.29) is 16.9 Å². The summed E-state index contributed by atoms with van der Waals surface area (Å²) in [4.78, 5) is 12.2. The van der Waals surface area contributed by atoms with E-state index in [1.807, 2.05) is 0 Å². The molecule has 104 valence electrons. The maximum Gasteiger partial charge on any atom is 0.221 e. The highest BCUT2D eigenvalue weighted by molar-refractivity contribution is 5.77. The third-order valence-electron chi connectivity index (χ3n) is 4.54. The number of carbonyl (C=O) groups is 1. The van der Waals surface area contributed by atoms with Gasteiger partial charge >= 0.3 is 0 Å². The first-order valence-corrected chi connectivity index (χ1v) is 7.16. The molecule has 1 saturated heterocycles. The van der Waals surface area contributed by atoms with Gasteiger partial charge in [0.15, 0.2) is 0 Å². The standard InChI is InChI=1S/C14H26N2O2/c1-13(7-8-18-11-13)16-12(17)9-14(10-15)5-3-2-4-6-14/h2-11,15H2,1H3,(H,16,17). The Morgan fingerprint density at radius 2 is 2.00 bits per heavy atom. The first kappa shape index (κ1) is 13.8. The van der Waals surface area contributed by atoms with Crippen molar-refractivity contribution < 1.29 is 9.53 Å². The molecule has 3 N–H and O–H groups in total. The molecule has 1 atom stereocenters. The monoisotopic (exact) mass is 254 g/mol. The van der Waals surface area contributed by atoms with E-state index in [1.165, 1.54) is 19.3 Å². The molecule has 0 aromatic heterocycles. The Bertz CT molecular complexity index is 292. The second kappa shape index (κ2) is 5.57. The Morgan fingerprint density at radius 1 is 1.28 bits per heavy atom. The quantitative estimate of drug-likeness (QED) is 0.800. The lowest BCUT2D eigenvalue weighted by Gasteiger charge is -2.36. The van der Waals surface area contributed by atoms with E-state index in [1.54, 1.807) is 0 Å². The largest absolute Gasteiger partial charge is 0.379 e. The van der Waals surface area contributed by atoms with Crippen molar-refractivity contribution in [1.82, 2.24) is 5.32 Å². The number of ether oxygens (including phenoxy) is 1. The highest BCUT2D eigenvalue weighted by Crippen LogP contribution is 2.38. The topological polar surface area (TPSA) is 64.4 Å². The van der Waals surface area contributed by atoms with Crippen molar-refractivity contribution in [3.05, 3.63) is 0 Å². The maximum absolute atomic E-state index is 12.2. The maximum atomic E-state index is 12.2. The average molecular weight is 254 g/mol. The number of hydrogen-bond acceptors (Lipinski definition) is 3. The van der Waals surface area contributed by atoms with Gasteiger partial charge in [0.25, 0.3) is 0 Å². The molecule has 1 aliphatic carbocycles. The summed E-state index contributed by atoms with van der Waals surface area (Å²) in [6.07, 6.45) is 7.41. The van der Waals surface area contributed by atoms with Gasteiger partial charge in [0.05, 0.1) is 12.1 Å². The smallest absolute Gasteiger partial charge is 0.221 e. The fourth-order valence-electron chi connectivity index (χ4n) is 3.24. The molecule has 0 aromatic carbocycles. The summed E-state index contributed by atoms with van der Waals surface area (Å²) in [5.74, 6) is 0.148. The molecule has 4 heteroatoms. The second-order valence-electron chi connectivity index (χ2n) is 6.35. The van der Waals surface area contributed by atoms with Crippen molar-refractivity contribution in [2.24, 2.45) is 11.1 Å². The van der Waals surface area contributed by atoms with Crippen LogP contribution in [-0.4, -0.2) is 31.2 Å². The van der Waals surface area contributed by atoms with Crippen molar-refractivity contribution in [2.75, 3.05) is 19.8 Å². The summed E-state index contributed by atoms with van der Waals surface area (Å²) in [6.45, 7) is 4.08. The molecule has 0 aromatic rings. The minimum absolute atomic E-state index is 0.0537. The van der Waals surface area contributed by atoms with Crippen LogP contribution in [0.1, 0.15) is 51.9 Å². The van der Waals surface area contributed by atoms with E-state index in [9.17, 15) is 4.79 Å². The average Bonchev–Trinajstić information content (AvgIpc) is 2.76. The molecule has 4 nitrogen and oxygen atoms in total. The SMILES string of the molecule is CC1(NC(=O)CC2(CN)CCCCC2)CCOC1. The van der Waals surface area contributed by atoms with Crippen molar-refractivity contribution in [3.63, 3.8) is 0 Å². The van der Waals surface area contributed by atoms with Crippen molar-refractivity contribution in [3.8, 4) is 0 Å². The molecule has 2 aliphatic rings. The van der Waals surface area contributed by atoms with E-state index < -0.39 is 0 Å². The van der Waals surface area contributed by atoms with Gasteiger partial charge in [-0.15, -0.1) is 0 Å². The van der Waals surface area contributed by atoms with Crippen molar-refractivity contribution in [1.29, 1.82) is 0 Å². The first-order chi connectivity index (χ1) is 8.58. The van der Waals surface area contributed by atoms with Crippen LogP contribution in [-0.2, 0) is 9.53 Å². The van der Waals surface area contributed by atoms with Crippen LogP contribution in [0.5, 0.6) is 0 Å². The molecule has 1 unspecified atom stereocenters. The fourth-order valence-corrected chi connectivity index (χ4v) is 3.24. The van der Waals surface area contributed by atoms with Crippen LogP contribution in [0.25, 0.3) is 0 Å². The molecule has 18 heavy (non-hydrogen) atoms. The van der Waals surface area contributed by atoms with Gasteiger partial charge in [-0.05, 0) is 38.1 Å². The predicted octanol–water partition coefficient (Wildman–Crippen LogP) is 1.58. The van der Waals surface area contributed by atoms with Crippen molar-refractivity contribution in [2.45, 2.75) is 57.4 Å². The molecule has 1 amide bonds. The van der Waals surface area contributed by atoms with Gasteiger partial charge in [0.2, 0.25) is 5.91 Å². The molecule has 2 fully saturated rings. The molecule has 0 bridgehead atoms. The first-order valence-electron chi connectivity index (χ1n) is 7.16. The molecule has 1 saturated carbocycles.